The van der Waals surface area contributed by atoms with E-state index in [1.807, 2.05) is 12.4 Å². The van der Waals surface area contributed by atoms with E-state index in [-0.39, 0.29) is 0 Å². The predicted molar refractivity (Wildman–Crippen MR) is 74.6 cm³/mol. The maximum atomic E-state index is 4.48. The van der Waals surface area contributed by atoms with Gasteiger partial charge >= 0.3 is 0 Å². The number of hydrogen-bond donors (Lipinski definition) is 1. The van der Waals surface area contributed by atoms with Gasteiger partial charge in [0, 0.05) is 37.6 Å². The average molecular weight is 248 g/mol. The first-order valence-electron chi connectivity index (χ1n) is 6.87. The summed E-state index contributed by atoms with van der Waals surface area (Å²) in [5, 5.41) is 3.36. The Morgan fingerprint density at radius 1 is 1.33 bits per heavy atom. The van der Waals surface area contributed by atoms with E-state index in [1.54, 1.807) is 0 Å². The number of nitrogens with zero attached hydrogens (tertiary/aromatic N) is 3. The molecular formula is C14H24N4. The molecule has 4 heteroatoms. The summed E-state index contributed by atoms with van der Waals surface area (Å²) in [6, 6.07) is 0. The lowest BCUT2D eigenvalue weighted by molar-refractivity contribution is 0.418. The summed E-state index contributed by atoms with van der Waals surface area (Å²) in [4.78, 5) is 11.2. The maximum absolute atomic E-state index is 4.48. The molecule has 0 atom stereocenters. The van der Waals surface area contributed by atoms with Crippen LogP contribution in [0, 0.1) is 5.41 Å². The first-order chi connectivity index (χ1) is 8.61. The van der Waals surface area contributed by atoms with Crippen molar-refractivity contribution in [1.29, 1.82) is 0 Å². The highest BCUT2D eigenvalue weighted by Gasteiger charge is 2.30. The van der Waals surface area contributed by atoms with Crippen LogP contribution in [0.25, 0.3) is 0 Å². The molecule has 4 nitrogen and oxygen atoms in total. The summed E-state index contributed by atoms with van der Waals surface area (Å²) in [5.41, 5.74) is 1.55. The highest BCUT2D eigenvalue weighted by Crippen LogP contribution is 2.30. The average Bonchev–Trinajstić information content (AvgIpc) is 2.71. The molecule has 0 bridgehead atoms. The van der Waals surface area contributed by atoms with Crippen molar-refractivity contribution in [3.05, 3.63) is 18.0 Å². The van der Waals surface area contributed by atoms with Crippen LogP contribution in [0.15, 0.2) is 12.4 Å². The molecule has 0 aromatic carbocycles. The van der Waals surface area contributed by atoms with Gasteiger partial charge in [0.25, 0.3) is 0 Å². The van der Waals surface area contributed by atoms with Crippen LogP contribution in [0.1, 0.15) is 39.2 Å². The van der Waals surface area contributed by atoms with Gasteiger partial charge in [-0.2, -0.15) is 0 Å². The lowest BCUT2D eigenvalue weighted by atomic mass is 9.93. The van der Waals surface area contributed by atoms with Crippen molar-refractivity contribution >= 4 is 5.95 Å². The van der Waals surface area contributed by atoms with Crippen molar-refractivity contribution in [3.63, 3.8) is 0 Å². The van der Waals surface area contributed by atoms with Crippen LogP contribution < -0.4 is 10.2 Å². The number of aromatic nitrogens is 2. The summed E-state index contributed by atoms with van der Waals surface area (Å²) >= 11 is 0. The second-order valence-electron chi connectivity index (χ2n) is 5.90. The molecule has 1 fully saturated rings. The van der Waals surface area contributed by atoms with Crippen LogP contribution in [-0.2, 0) is 6.54 Å². The number of nitrogens with one attached hydrogen (secondary N) is 1. The molecular weight excluding hydrogens is 224 g/mol. The van der Waals surface area contributed by atoms with Gasteiger partial charge in [-0.3, -0.25) is 0 Å². The molecule has 1 saturated heterocycles. The van der Waals surface area contributed by atoms with Gasteiger partial charge < -0.3 is 10.2 Å². The summed E-state index contributed by atoms with van der Waals surface area (Å²) < 4.78 is 0. The van der Waals surface area contributed by atoms with E-state index in [4.69, 9.17) is 0 Å². The fraction of sp³-hybridized carbons (Fsp3) is 0.714. The Morgan fingerprint density at radius 3 is 2.61 bits per heavy atom. The molecule has 0 amide bonds. The smallest absolute Gasteiger partial charge is 0.225 e. The SMILES string of the molecule is CCCNCc1cnc(N2CCC(C)(C)C2)nc1. The van der Waals surface area contributed by atoms with Gasteiger partial charge in [-0.1, -0.05) is 20.8 Å². The Balaban J connectivity index is 1.92. The Kier molecular flexibility index (Phi) is 4.17. The van der Waals surface area contributed by atoms with E-state index in [0.29, 0.717) is 5.41 Å². The first-order valence-corrected chi connectivity index (χ1v) is 6.87. The largest absolute Gasteiger partial charge is 0.340 e. The minimum absolute atomic E-state index is 0.394. The predicted octanol–water partition coefficient (Wildman–Crippen LogP) is 2.21. The molecule has 0 unspecified atom stereocenters. The van der Waals surface area contributed by atoms with Gasteiger partial charge in [0.05, 0.1) is 0 Å². The highest BCUT2D eigenvalue weighted by molar-refractivity contribution is 5.32. The zero-order valence-corrected chi connectivity index (χ0v) is 11.7. The Hall–Kier alpha value is -1.16. The fourth-order valence-electron chi connectivity index (χ4n) is 2.30. The molecule has 0 spiro atoms. The second-order valence-corrected chi connectivity index (χ2v) is 5.90. The minimum Gasteiger partial charge on any atom is -0.340 e. The number of anilines is 1. The van der Waals surface area contributed by atoms with Crippen molar-refractivity contribution in [1.82, 2.24) is 15.3 Å². The van der Waals surface area contributed by atoms with Gasteiger partial charge in [-0.05, 0) is 24.8 Å². The normalized spacial score (nSPS) is 18.3. The first kappa shape index (κ1) is 13.3. The molecule has 100 valence electrons. The summed E-state index contributed by atoms with van der Waals surface area (Å²) in [6.45, 7) is 10.8. The molecule has 0 radical (unpaired) electrons. The van der Waals surface area contributed by atoms with Crippen LogP contribution in [0.5, 0.6) is 0 Å². The van der Waals surface area contributed by atoms with E-state index in [2.05, 4.69) is 41.0 Å². The number of rotatable bonds is 5. The van der Waals surface area contributed by atoms with Gasteiger partial charge in [-0.15, -0.1) is 0 Å². The van der Waals surface area contributed by atoms with Crippen molar-refractivity contribution in [3.8, 4) is 0 Å². The summed E-state index contributed by atoms with van der Waals surface area (Å²) in [5.74, 6) is 0.875. The van der Waals surface area contributed by atoms with Crippen molar-refractivity contribution < 1.29 is 0 Å². The lowest BCUT2D eigenvalue weighted by Crippen LogP contribution is -2.24. The van der Waals surface area contributed by atoms with E-state index in [1.165, 1.54) is 6.42 Å². The molecule has 1 aromatic heterocycles. The third-order valence-electron chi connectivity index (χ3n) is 3.41. The quantitative estimate of drug-likeness (QED) is 0.811. The summed E-state index contributed by atoms with van der Waals surface area (Å²) in [7, 11) is 0. The second kappa shape index (κ2) is 5.65. The van der Waals surface area contributed by atoms with Crippen molar-refractivity contribution in [2.45, 2.75) is 40.2 Å². The van der Waals surface area contributed by atoms with Crippen LogP contribution in [0.4, 0.5) is 5.95 Å². The maximum Gasteiger partial charge on any atom is 0.225 e. The van der Waals surface area contributed by atoms with Crippen LogP contribution >= 0.6 is 0 Å². The van der Waals surface area contributed by atoms with Gasteiger partial charge in [0.15, 0.2) is 0 Å². The van der Waals surface area contributed by atoms with Crippen LogP contribution in [-0.4, -0.2) is 29.6 Å². The molecule has 1 aliphatic rings. The van der Waals surface area contributed by atoms with Crippen LogP contribution in [0.2, 0.25) is 0 Å². The van der Waals surface area contributed by atoms with E-state index in [0.717, 1.165) is 44.1 Å². The zero-order valence-electron chi connectivity index (χ0n) is 11.7. The molecule has 0 saturated carbocycles. The summed E-state index contributed by atoms with van der Waals surface area (Å²) in [6.07, 6.45) is 6.25. The molecule has 1 aliphatic heterocycles. The standard InChI is InChI=1S/C14H24N4/c1-4-6-15-8-12-9-16-13(17-10-12)18-7-5-14(2,3)11-18/h9-10,15H,4-8,11H2,1-3H3. The van der Waals surface area contributed by atoms with Gasteiger partial charge in [0.2, 0.25) is 5.95 Å². The lowest BCUT2D eigenvalue weighted by Gasteiger charge is -2.19. The fourth-order valence-corrected chi connectivity index (χ4v) is 2.30. The Labute approximate surface area is 110 Å². The van der Waals surface area contributed by atoms with E-state index < -0.39 is 0 Å². The highest BCUT2D eigenvalue weighted by atomic mass is 15.3. The van der Waals surface area contributed by atoms with Crippen molar-refractivity contribution in [2.24, 2.45) is 5.41 Å². The molecule has 2 rings (SSSR count). The Bertz CT molecular complexity index is 372. The molecule has 1 N–H and O–H groups in total. The number of hydrogen-bond acceptors (Lipinski definition) is 4. The third-order valence-corrected chi connectivity index (χ3v) is 3.41. The van der Waals surface area contributed by atoms with E-state index in [9.17, 15) is 0 Å². The minimum atomic E-state index is 0.394. The monoisotopic (exact) mass is 248 g/mol. The topological polar surface area (TPSA) is 41.1 Å². The van der Waals surface area contributed by atoms with Gasteiger partial charge in [-0.25, -0.2) is 9.97 Å². The molecule has 1 aromatic rings. The zero-order chi connectivity index (χ0) is 13.0. The van der Waals surface area contributed by atoms with Crippen molar-refractivity contribution in [2.75, 3.05) is 24.5 Å². The molecule has 2 heterocycles. The van der Waals surface area contributed by atoms with E-state index >= 15 is 0 Å². The van der Waals surface area contributed by atoms with Gasteiger partial charge in [0.1, 0.15) is 0 Å². The third kappa shape index (κ3) is 3.42. The molecule has 0 aliphatic carbocycles. The molecule has 18 heavy (non-hydrogen) atoms. The van der Waals surface area contributed by atoms with Crippen LogP contribution in [0.3, 0.4) is 0 Å². The Morgan fingerprint density at radius 2 is 2.06 bits per heavy atom.